The Hall–Kier alpha value is -1.96. The molecule has 1 aromatic rings. The van der Waals surface area contributed by atoms with E-state index in [9.17, 15) is 23.3 Å². The van der Waals surface area contributed by atoms with Crippen molar-refractivity contribution >= 4 is 15.8 Å². The van der Waals surface area contributed by atoms with Crippen molar-refractivity contribution in [2.45, 2.75) is 25.0 Å². The summed E-state index contributed by atoms with van der Waals surface area (Å²) in [4.78, 5) is 22.7. The van der Waals surface area contributed by atoms with Crippen LogP contribution in [0.2, 0.25) is 0 Å². The van der Waals surface area contributed by atoms with Crippen LogP contribution in [0.15, 0.2) is 30.3 Å². The number of hydrogen-bond donors (Lipinski definition) is 0. The summed E-state index contributed by atoms with van der Waals surface area (Å²) in [6.45, 7) is 2.48. The molecule has 114 valence electrons. The minimum Gasteiger partial charge on any atom is -0.447 e. The smallest absolute Gasteiger partial charge is 0.338 e. The maximum absolute atomic E-state index is 12.1. The minimum absolute atomic E-state index is 0.216. The van der Waals surface area contributed by atoms with Gasteiger partial charge in [-0.2, -0.15) is 0 Å². The van der Waals surface area contributed by atoms with Crippen molar-refractivity contribution in [1.82, 2.24) is 0 Å². The van der Waals surface area contributed by atoms with E-state index in [4.69, 9.17) is 4.74 Å². The van der Waals surface area contributed by atoms with Gasteiger partial charge in [-0.1, -0.05) is 18.2 Å². The number of benzene rings is 1. The number of hydrogen-bond acceptors (Lipinski definition) is 6. The molecule has 2 atom stereocenters. The molecule has 0 unspecified atom stereocenters. The van der Waals surface area contributed by atoms with Gasteiger partial charge in [-0.05, 0) is 19.1 Å². The Balaban J connectivity index is 2.36. The largest absolute Gasteiger partial charge is 0.447 e. The second-order valence-corrected chi connectivity index (χ2v) is 7.61. The van der Waals surface area contributed by atoms with Crippen LogP contribution in [0.1, 0.15) is 24.2 Å². The van der Waals surface area contributed by atoms with Gasteiger partial charge >= 0.3 is 5.97 Å². The number of nitro groups is 1. The van der Waals surface area contributed by atoms with Crippen LogP contribution in [0.4, 0.5) is 0 Å². The van der Waals surface area contributed by atoms with Gasteiger partial charge in [-0.25, -0.2) is 13.2 Å². The average Bonchev–Trinajstić information content (AvgIpc) is 2.56. The van der Waals surface area contributed by atoms with Gasteiger partial charge in [0.15, 0.2) is 15.4 Å². The number of carbonyl (C=O) groups excluding carboxylic acids is 1. The van der Waals surface area contributed by atoms with E-state index in [1.807, 2.05) is 0 Å². The summed E-state index contributed by atoms with van der Waals surface area (Å²) in [6, 6.07) is 7.95. The average molecular weight is 313 g/mol. The van der Waals surface area contributed by atoms with E-state index in [1.165, 1.54) is 26.0 Å². The third kappa shape index (κ3) is 2.63. The molecule has 0 bridgehead atoms. The van der Waals surface area contributed by atoms with Gasteiger partial charge in [0.05, 0.1) is 11.3 Å². The Morgan fingerprint density at radius 3 is 2.33 bits per heavy atom. The fourth-order valence-electron chi connectivity index (χ4n) is 2.43. The van der Waals surface area contributed by atoms with E-state index in [-0.39, 0.29) is 5.56 Å². The Morgan fingerprint density at radius 2 is 1.81 bits per heavy atom. The lowest BCUT2D eigenvalue weighted by atomic mass is 9.86. The summed E-state index contributed by atoms with van der Waals surface area (Å²) in [5, 5.41) is 11.3. The Kier molecular flexibility index (Phi) is 3.53. The van der Waals surface area contributed by atoms with Gasteiger partial charge in [0, 0.05) is 11.8 Å². The van der Waals surface area contributed by atoms with Crippen LogP contribution in [-0.4, -0.2) is 42.0 Å². The van der Waals surface area contributed by atoms with Crippen LogP contribution >= 0.6 is 0 Å². The van der Waals surface area contributed by atoms with E-state index < -0.39 is 43.4 Å². The first kappa shape index (κ1) is 15.4. The molecule has 1 heterocycles. The molecule has 2 rings (SSSR count). The highest BCUT2D eigenvalue weighted by Gasteiger charge is 2.67. The van der Waals surface area contributed by atoms with Crippen LogP contribution in [0.5, 0.6) is 0 Å². The van der Waals surface area contributed by atoms with Crippen molar-refractivity contribution in [3.8, 4) is 0 Å². The minimum atomic E-state index is -3.65. The van der Waals surface area contributed by atoms with Crippen molar-refractivity contribution < 1.29 is 22.9 Å². The zero-order valence-corrected chi connectivity index (χ0v) is 12.4. The second kappa shape index (κ2) is 4.80. The van der Waals surface area contributed by atoms with Gasteiger partial charge in [0.2, 0.25) is 0 Å². The van der Waals surface area contributed by atoms with Gasteiger partial charge in [-0.15, -0.1) is 0 Å². The predicted molar refractivity (Wildman–Crippen MR) is 74.3 cm³/mol. The first-order valence-corrected chi connectivity index (χ1v) is 8.05. The Morgan fingerprint density at radius 1 is 1.24 bits per heavy atom. The molecule has 1 saturated heterocycles. The highest BCUT2D eigenvalue weighted by Crippen LogP contribution is 2.39. The molecule has 8 heteroatoms. The molecule has 0 aromatic heterocycles. The van der Waals surface area contributed by atoms with E-state index in [0.29, 0.717) is 0 Å². The van der Waals surface area contributed by atoms with E-state index >= 15 is 0 Å². The number of rotatable bonds is 3. The molecule has 1 aliphatic rings. The van der Waals surface area contributed by atoms with Crippen molar-refractivity contribution in [2.24, 2.45) is 0 Å². The van der Waals surface area contributed by atoms with Gasteiger partial charge < -0.3 is 4.74 Å². The number of sulfone groups is 1. The first-order chi connectivity index (χ1) is 9.60. The summed E-state index contributed by atoms with van der Waals surface area (Å²) in [5.74, 6) is -1.98. The van der Waals surface area contributed by atoms with Crippen molar-refractivity contribution in [2.75, 3.05) is 11.5 Å². The molecule has 7 nitrogen and oxygen atoms in total. The molecule has 1 fully saturated rings. The summed E-state index contributed by atoms with van der Waals surface area (Å²) in [7, 11) is -3.65. The Labute approximate surface area is 122 Å². The van der Waals surface area contributed by atoms with Crippen LogP contribution in [0.3, 0.4) is 0 Å². The lowest BCUT2D eigenvalue weighted by Crippen LogP contribution is -2.56. The standard InChI is InChI=1S/C13H15NO6S/c1-12(14(16)17)8-21(18,19)9-13(12,2)20-11(15)10-6-4-3-5-7-10/h3-7H,8-9H2,1-2H3/t12-,13-/m0/s1. The SMILES string of the molecule is C[C@]1(OC(=O)c2ccccc2)CS(=O)(=O)C[C@]1(C)[N+](=O)[O-]. The molecule has 1 aliphatic heterocycles. The lowest BCUT2D eigenvalue weighted by Gasteiger charge is -2.31. The van der Waals surface area contributed by atoms with Crippen molar-refractivity contribution in [3.63, 3.8) is 0 Å². The predicted octanol–water partition coefficient (Wildman–Crippen LogP) is 1.07. The fourth-order valence-corrected chi connectivity index (χ4v) is 5.01. The number of esters is 1. The summed E-state index contributed by atoms with van der Waals surface area (Å²) in [6.07, 6.45) is 0. The number of ether oxygens (including phenoxy) is 1. The van der Waals surface area contributed by atoms with Gasteiger partial charge in [0.25, 0.3) is 5.54 Å². The molecule has 0 spiro atoms. The Bertz CT molecular complexity index is 686. The molecule has 0 N–H and O–H groups in total. The number of nitrogens with zero attached hydrogens (tertiary/aromatic N) is 1. The zero-order valence-electron chi connectivity index (χ0n) is 11.6. The second-order valence-electron chi connectivity index (χ2n) is 5.55. The van der Waals surface area contributed by atoms with E-state index in [2.05, 4.69) is 0 Å². The summed E-state index contributed by atoms with van der Waals surface area (Å²) >= 11 is 0. The van der Waals surface area contributed by atoms with Gasteiger partial charge in [0.1, 0.15) is 5.75 Å². The first-order valence-electron chi connectivity index (χ1n) is 6.23. The van der Waals surface area contributed by atoms with Crippen LogP contribution in [-0.2, 0) is 14.6 Å². The molecule has 21 heavy (non-hydrogen) atoms. The van der Waals surface area contributed by atoms with E-state index in [0.717, 1.165) is 0 Å². The molecule has 1 aromatic carbocycles. The highest BCUT2D eigenvalue weighted by atomic mass is 32.2. The van der Waals surface area contributed by atoms with Crippen LogP contribution < -0.4 is 0 Å². The lowest BCUT2D eigenvalue weighted by molar-refractivity contribution is -0.578. The topological polar surface area (TPSA) is 104 Å². The molecular formula is C13H15NO6S. The van der Waals surface area contributed by atoms with E-state index in [1.54, 1.807) is 18.2 Å². The highest BCUT2D eigenvalue weighted by molar-refractivity contribution is 7.91. The zero-order chi connectivity index (χ0) is 15.9. The van der Waals surface area contributed by atoms with Crippen molar-refractivity contribution in [1.29, 1.82) is 0 Å². The number of carbonyl (C=O) groups is 1. The molecule has 0 amide bonds. The molecular weight excluding hydrogens is 298 g/mol. The summed E-state index contributed by atoms with van der Waals surface area (Å²) < 4.78 is 28.8. The summed E-state index contributed by atoms with van der Waals surface area (Å²) in [5.41, 5.74) is -3.35. The quantitative estimate of drug-likeness (QED) is 0.469. The maximum Gasteiger partial charge on any atom is 0.338 e. The normalized spacial score (nSPS) is 30.8. The van der Waals surface area contributed by atoms with Gasteiger partial charge in [-0.3, -0.25) is 10.1 Å². The molecule has 0 radical (unpaired) electrons. The third-order valence-corrected chi connectivity index (χ3v) is 5.86. The molecule has 0 saturated carbocycles. The van der Waals surface area contributed by atoms with Crippen LogP contribution in [0, 0.1) is 10.1 Å². The monoisotopic (exact) mass is 313 g/mol. The molecule has 0 aliphatic carbocycles. The third-order valence-electron chi connectivity index (χ3n) is 3.87. The maximum atomic E-state index is 12.1. The van der Waals surface area contributed by atoms with Crippen LogP contribution in [0.25, 0.3) is 0 Å². The van der Waals surface area contributed by atoms with Crippen molar-refractivity contribution in [3.05, 3.63) is 46.0 Å². The fraction of sp³-hybridized carbons (Fsp3) is 0.462.